The van der Waals surface area contributed by atoms with E-state index in [4.69, 9.17) is 5.73 Å². The Balaban J connectivity index is 0.000000226. The molecule has 0 radical (unpaired) electrons. The third-order valence-corrected chi connectivity index (χ3v) is 8.41. The Labute approximate surface area is 246 Å². The van der Waals surface area contributed by atoms with Crippen LogP contribution in [0.15, 0.2) is 84.9 Å². The predicted molar refractivity (Wildman–Crippen MR) is 181 cm³/mol. The van der Waals surface area contributed by atoms with E-state index in [1.54, 1.807) is 0 Å². The standard InChI is InChI=1S/C18H25N.C10H9N.C8H17Br/c1-3-5-9-15(4-2)14-19-18-13-8-11-16-10-6-7-12-17(16)18;11-10-7-3-5-8-4-1-2-6-9(8)10;1-3-5-6-8(4-2)7-9/h6-8,10-13,15,19H,3-5,9,14H2,1-2H3;1-7H,11H2;8H,3-7H2,1-2H3. The Morgan fingerprint density at radius 3 is 1.72 bits per heavy atom. The van der Waals surface area contributed by atoms with Crippen molar-refractivity contribution in [3.05, 3.63) is 84.9 Å². The third kappa shape index (κ3) is 11.6. The molecule has 0 saturated carbocycles. The van der Waals surface area contributed by atoms with E-state index < -0.39 is 0 Å². The quantitative estimate of drug-likeness (QED) is 0.127. The molecule has 2 unspecified atom stereocenters. The third-order valence-electron chi connectivity index (χ3n) is 7.50. The van der Waals surface area contributed by atoms with E-state index in [0.717, 1.165) is 29.5 Å². The lowest BCUT2D eigenvalue weighted by Gasteiger charge is -2.17. The van der Waals surface area contributed by atoms with E-state index in [1.165, 1.54) is 78.5 Å². The number of benzene rings is 4. The number of nitrogen functional groups attached to an aromatic ring is 1. The first kappa shape index (κ1) is 32.7. The average molecular weight is 592 g/mol. The minimum atomic E-state index is 0.791. The van der Waals surface area contributed by atoms with Gasteiger partial charge in [0.15, 0.2) is 0 Å². The first-order valence-corrected chi connectivity index (χ1v) is 16.2. The summed E-state index contributed by atoms with van der Waals surface area (Å²) >= 11 is 3.51. The van der Waals surface area contributed by atoms with Gasteiger partial charge in [-0.2, -0.15) is 0 Å². The summed E-state index contributed by atoms with van der Waals surface area (Å²) in [5.74, 6) is 1.71. The largest absolute Gasteiger partial charge is 0.398 e. The van der Waals surface area contributed by atoms with E-state index in [1.807, 2.05) is 30.3 Å². The van der Waals surface area contributed by atoms with Crippen LogP contribution in [0.3, 0.4) is 0 Å². The molecule has 0 aliphatic rings. The average Bonchev–Trinajstić information content (AvgIpc) is 2.99. The van der Waals surface area contributed by atoms with Gasteiger partial charge in [-0.1, -0.05) is 155 Å². The molecule has 0 bridgehead atoms. The molecule has 0 heterocycles. The second-order valence-corrected chi connectivity index (χ2v) is 11.1. The zero-order valence-corrected chi connectivity index (χ0v) is 26.3. The van der Waals surface area contributed by atoms with Crippen molar-refractivity contribution in [1.29, 1.82) is 0 Å². The topological polar surface area (TPSA) is 38.0 Å². The maximum absolute atomic E-state index is 5.76. The maximum atomic E-state index is 5.76. The van der Waals surface area contributed by atoms with Gasteiger partial charge >= 0.3 is 0 Å². The van der Waals surface area contributed by atoms with Crippen LogP contribution in [0.2, 0.25) is 0 Å². The molecule has 39 heavy (non-hydrogen) atoms. The smallest absolute Gasteiger partial charge is 0.0419 e. The number of nitrogens with one attached hydrogen (secondary N) is 1. The van der Waals surface area contributed by atoms with Gasteiger partial charge in [0.1, 0.15) is 0 Å². The fraction of sp³-hybridized carbons (Fsp3) is 0.444. The lowest BCUT2D eigenvalue weighted by atomic mass is 9.99. The number of hydrogen-bond acceptors (Lipinski definition) is 2. The van der Waals surface area contributed by atoms with Gasteiger partial charge < -0.3 is 11.1 Å². The number of nitrogens with two attached hydrogens (primary N) is 1. The molecule has 0 fully saturated rings. The summed E-state index contributed by atoms with van der Waals surface area (Å²) in [6.45, 7) is 10.2. The van der Waals surface area contributed by atoms with Crippen molar-refractivity contribution in [2.75, 3.05) is 22.9 Å². The predicted octanol–water partition coefficient (Wildman–Crippen LogP) is 11.5. The summed E-state index contributed by atoms with van der Waals surface area (Å²) in [5, 5.41) is 9.81. The fourth-order valence-electron chi connectivity index (χ4n) is 4.71. The Hall–Kier alpha value is -2.52. The van der Waals surface area contributed by atoms with Gasteiger partial charge in [-0.3, -0.25) is 0 Å². The maximum Gasteiger partial charge on any atom is 0.0419 e. The van der Waals surface area contributed by atoms with Gasteiger partial charge in [0.2, 0.25) is 0 Å². The molecular formula is C36H51BrN2. The summed E-state index contributed by atoms with van der Waals surface area (Å²) < 4.78 is 0. The monoisotopic (exact) mass is 590 g/mol. The highest BCUT2D eigenvalue weighted by molar-refractivity contribution is 9.09. The van der Waals surface area contributed by atoms with Crippen LogP contribution in [0.1, 0.15) is 79.1 Å². The highest BCUT2D eigenvalue weighted by atomic mass is 79.9. The van der Waals surface area contributed by atoms with E-state index >= 15 is 0 Å². The molecular weight excluding hydrogens is 540 g/mol. The van der Waals surface area contributed by atoms with Gasteiger partial charge in [-0.05, 0) is 47.6 Å². The van der Waals surface area contributed by atoms with Crippen molar-refractivity contribution in [2.24, 2.45) is 11.8 Å². The lowest BCUT2D eigenvalue weighted by molar-refractivity contribution is 0.473. The molecule has 212 valence electrons. The molecule has 0 spiro atoms. The van der Waals surface area contributed by atoms with Gasteiger partial charge in [0.05, 0.1) is 0 Å². The molecule has 0 aromatic heterocycles. The van der Waals surface area contributed by atoms with Crippen molar-refractivity contribution in [2.45, 2.75) is 79.1 Å². The Bertz CT molecular complexity index is 1170. The molecule has 0 aliphatic heterocycles. The highest BCUT2D eigenvalue weighted by Gasteiger charge is 2.07. The Morgan fingerprint density at radius 1 is 0.641 bits per heavy atom. The first-order chi connectivity index (χ1) is 19.1. The second kappa shape index (κ2) is 19.5. The van der Waals surface area contributed by atoms with E-state index in [0.29, 0.717) is 0 Å². The zero-order chi connectivity index (χ0) is 28.3. The molecule has 2 nitrogen and oxygen atoms in total. The van der Waals surface area contributed by atoms with Gasteiger partial charge in [0.25, 0.3) is 0 Å². The number of alkyl halides is 1. The Morgan fingerprint density at radius 2 is 1.15 bits per heavy atom. The van der Waals surface area contributed by atoms with Gasteiger partial charge in [-0.25, -0.2) is 0 Å². The SMILES string of the molecule is CCCCC(CC)CBr.CCCCC(CC)CNc1cccc2ccccc12.Nc1cccc2ccccc12. The molecule has 0 amide bonds. The van der Waals surface area contributed by atoms with E-state index in [9.17, 15) is 0 Å². The molecule has 3 N–H and O–H groups in total. The van der Waals surface area contributed by atoms with Crippen molar-refractivity contribution in [3.8, 4) is 0 Å². The molecule has 4 rings (SSSR count). The number of rotatable bonds is 12. The van der Waals surface area contributed by atoms with Crippen molar-refractivity contribution in [1.82, 2.24) is 0 Å². The first-order valence-electron chi connectivity index (χ1n) is 15.1. The number of anilines is 2. The van der Waals surface area contributed by atoms with Crippen LogP contribution < -0.4 is 11.1 Å². The van der Waals surface area contributed by atoms with Gasteiger partial charge in [-0.15, -0.1) is 0 Å². The summed E-state index contributed by atoms with van der Waals surface area (Å²) in [6.07, 6.45) is 10.7. The summed E-state index contributed by atoms with van der Waals surface area (Å²) in [6, 6.07) is 29.1. The van der Waals surface area contributed by atoms with Crippen molar-refractivity contribution >= 4 is 48.8 Å². The molecule has 0 saturated heterocycles. The molecule has 3 heteroatoms. The molecule has 2 atom stereocenters. The van der Waals surface area contributed by atoms with E-state index in [2.05, 4.69) is 104 Å². The van der Waals surface area contributed by atoms with Gasteiger partial charge in [0, 0.05) is 34.0 Å². The number of hydrogen-bond donors (Lipinski definition) is 2. The Kier molecular flexibility index (Phi) is 16.4. The van der Waals surface area contributed by atoms with Crippen LogP contribution in [0.4, 0.5) is 11.4 Å². The van der Waals surface area contributed by atoms with Crippen molar-refractivity contribution < 1.29 is 0 Å². The zero-order valence-electron chi connectivity index (χ0n) is 24.8. The molecule has 4 aromatic rings. The summed E-state index contributed by atoms with van der Waals surface area (Å²) in [5.41, 5.74) is 7.88. The molecule has 4 aromatic carbocycles. The van der Waals surface area contributed by atoms with Crippen LogP contribution in [0, 0.1) is 11.8 Å². The van der Waals surface area contributed by atoms with E-state index in [-0.39, 0.29) is 0 Å². The number of fused-ring (bicyclic) bond motifs is 2. The highest BCUT2D eigenvalue weighted by Crippen LogP contribution is 2.24. The normalized spacial score (nSPS) is 12.1. The minimum absolute atomic E-state index is 0.791. The molecule has 0 aliphatic carbocycles. The number of unbranched alkanes of at least 4 members (excludes halogenated alkanes) is 2. The minimum Gasteiger partial charge on any atom is -0.398 e. The van der Waals surface area contributed by atoms with Crippen LogP contribution in [-0.4, -0.2) is 11.9 Å². The van der Waals surface area contributed by atoms with Crippen LogP contribution in [-0.2, 0) is 0 Å². The fourth-order valence-corrected chi connectivity index (χ4v) is 5.49. The lowest BCUT2D eigenvalue weighted by Crippen LogP contribution is -2.13. The number of halogens is 1. The van der Waals surface area contributed by atoms with Crippen molar-refractivity contribution in [3.63, 3.8) is 0 Å². The van der Waals surface area contributed by atoms with Crippen LogP contribution in [0.25, 0.3) is 21.5 Å². The van der Waals surface area contributed by atoms with Crippen LogP contribution in [0.5, 0.6) is 0 Å². The second-order valence-electron chi connectivity index (χ2n) is 10.5. The summed E-state index contributed by atoms with van der Waals surface area (Å²) in [7, 11) is 0. The summed E-state index contributed by atoms with van der Waals surface area (Å²) in [4.78, 5) is 0. The van der Waals surface area contributed by atoms with Crippen LogP contribution >= 0.6 is 15.9 Å².